The second-order valence-electron chi connectivity index (χ2n) is 6.00. The van der Waals surface area contributed by atoms with E-state index in [-0.39, 0.29) is 5.91 Å². The van der Waals surface area contributed by atoms with Crippen LogP contribution in [0.15, 0.2) is 24.5 Å². The van der Waals surface area contributed by atoms with Crippen LogP contribution >= 0.6 is 0 Å². The van der Waals surface area contributed by atoms with Crippen LogP contribution in [0.3, 0.4) is 0 Å². The van der Waals surface area contributed by atoms with Crippen LogP contribution in [0.4, 0.5) is 0 Å². The van der Waals surface area contributed by atoms with Crippen LogP contribution in [0.1, 0.15) is 16.2 Å². The van der Waals surface area contributed by atoms with Gasteiger partial charge in [-0.15, -0.1) is 0 Å². The molecular weight excluding hydrogens is 336 g/mol. The summed E-state index contributed by atoms with van der Waals surface area (Å²) in [5, 5.41) is 6.72. The van der Waals surface area contributed by atoms with E-state index in [0.29, 0.717) is 49.8 Å². The number of amides is 1. The van der Waals surface area contributed by atoms with Crippen LogP contribution in [0.25, 0.3) is 0 Å². The highest BCUT2D eigenvalue weighted by Crippen LogP contribution is 2.28. The van der Waals surface area contributed by atoms with Crippen molar-refractivity contribution in [3.05, 3.63) is 35.9 Å². The monoisotopic (exact) mass is 360 g/mol. The number of piperazine rings is 1. The number of H-pyrrole nitrogens is 1. The molecule has 1 aromatic heterocycles. The van der Waals surface area contributed by atoms with Crippen molar-refractivity contribution in [2.75, 3.05) is 46.4 Å². The maximum Gasteiger partial charge on any atom is 0.254 e. The highest BCUT2D eigenvalue weighted by molar-refractivity contribution is 5.95. The van der Waals surface area contributed by atoms with Gasteiger partial charge in [-0.25, -0.2) is 4.98 Å². The number of methoxy groups -OCH3 is 1. The van der Waals surface area contributed by atoms with E-state index >= 15 is 0 Å². The average Bonchev–Trinajstić information content (AvgIpc) is 3.19. The third-order valence-corrected chi connectivity index (χ3v) is 4.28. The van der Waals surface area contributed by atoms with Crippen LogP contribution in [-0.4, -0.2) is 77.3 Å². The molecule has 2 aromatic rings. The number of ether oxygens (including phenoxy) is 2. The van der Waals surface area contributed by atoms with Crippen molar-refractivity contribution in [1.82, 2.24) is 25.0 Å². The highest BCUT2D eigenvalue weighted by Gasteiger charge is 2.23. The van der Waals surface area contributed by atoms with Gasteiger partial charge in [-0.1, -0.05) is 0 Å². The minimum Gasteiger partial charge on any atom is -0.493 e. The standard InChI is InChI=1S/C17H24N6O3/c1-25-14-3-2-13(10-15(14)26-9-4-18)17(24)23-7-5-22(6-8-23)11-16-19-12-20-21-16/h2-3,10,12H,4-9,11,18H2,1H3,(H,19,20,21). The normalized spacial score (nSPS) is 15.1. The lowest BCUT2D eigenvalue weighted by Gasteiger charge is -2.34. The van der Waals surface area contributed by atoms with E-state index in [9.17, 15) is 4.79 Å². The Morgan fingerprint density at radius 2 is 2.08 bits per heavy atom. The van der Waals surface area contributed by atoms with Crippen molar-refractivity contribution >= 4 is 5.91 Å². The molecule has 3 rings (SSSR count). The second-order valence-corrected chi connectivity index (χ2v) is 6.00. The molecule has 1 aromatic carbocycles. The number of aromatic amines is 1. The number of carbonyl (C=O) groups excluding carboxylic acids is 1. The molecule has 140 valence electrons. The summed E-state index contributed by atoms with van der Waals surface area (Å²) in [6, 6.07) is 5.23. The van der Waals surface area contributed by atoms with Gasteiger partial charge in [0.2, 0.25) is 0 Å². The van der Waals surface area contributed by atoms with E-state index in [1.54, 1.807) is 25.3 Å². The zero-order chi connectivity index (χ0) is 18.4. The summed E-state index contributed by atoms with van der Waals surface area (Å²) in [5.41, 5.74) is 6.07. The summed E-state index contributed by atoms with van der Waals surface area (Å²) in [5.74, 6) is 1.95. The Morgan fingerprint density at radius 1 is 1.27 bits per heavy atom. The van der Waals surface area contributed by atoms with Gasteiger partial charge in [-0.3, -0.25) is 14.8 Å². The van der Waals surface area contributed by atoms with E-state index in [1.165, 1.54) is 6.33 Å². The van der Waals surface area contributed by atoms with E-state index in [4.69, 9.17) is 15.2 Å². The summed E-state index contributed by atoms with van der Waals surface area (Å²) in [6.45, 7) is 4.39. The summed E-state index contributed by atoms with van der Waals surface area (Å²) >= 11 is 0. The first-order chi connectivity index (χ1) is 12.7. The van der Waals surface area contributed by atoms with Crippen molar-refractivity contribution in [1.29, 1.82) is 0 Å². The lowest BCUT2D eigenvalue weighted by Crippen LogP contribution is -2.48. The van der Waals surface area contributed by atoms with Crippen molar-refractivity contribution in [2.24, 2.45) is 5.73 Å². The number of nitrogens with one attached hydrogen (secondary N) is 1. The zero-order valence-electron chi connectivity index (χ0n) is 14.9. The fraction of sp³-hybridized carbons (Fsp3) is 0.471. The van der Waals surface area contributed by atoms with E-state index in [2.05, 4.69) is 20.1 Å². The molecule has 0 bridgehead atoms. The third-order valence-electron chi connectivity index (χ3n) is 4.28. The smallest absolute Gasteiger partial charge is 0.254 e. The second kappa shape index (κ2) is 8.63. The van der Waals surface area contributed by atoms with Gasteiger partial charge in [0.1, 0.15) is 18.8 Å². The van der Waals surface area contributed by atoms with Gasteiger partial charge in [0, 0.05) is 38.3 Å². The van der Waals surface area contributed by atoms with Gasteiger partial charge in [0.25, 0.3) is 5.91 Å². The summed E-state index contributed by atoms with van der Waals surface area (Å²) < 4.78 is 10.9. The van der Waals surface area contributed by atoms with Crippen molar-refractivity contribution in [2.45, 2.75) is 6.54 Å². The largest absolute Gasteiger partial charge is 0.493 e. The van der Waals surface area contributed by atoms with Crippen LogP contribution < -0.4 is 15.2 Å². The Hall–Kier alpha value is -2.65. The van der Waals surface area contributed by atoms with Crippen LogP contribution in [0.5, 0.6) is 11.5 Å². The summed E-state index contributed by atoms with van der Waals surface area (Å²) in [6.07, 6.45) is 1.50. The fourth-order valence-corrected chi connectivity index (χ4v) is 2.90. The molecule has 1 amide bonds. The minimum absolute atomic E-state index is 0.00966. The molecule has 0 spiro atoms. The molecule has 9 heteroatoms. The molecule has 3 N–H and O–H groups in total. The van der Waals surface area contributed by atoms with E-state index < -0.39 is 0 Å². The zero-order valence-corrected chi connectivity index (χ0v) is 14.9. The first-order valence-corrected chi connectivity index (χ1v) is 8.58. The van der Waals surface area contributed by atoms with Gasteiger partial charge >= 0.3 is 0 Å². The van der Waals surface area contributed by atoms with Gasteiger partial charge in [0.05, 0.1) is 13.7 Å². The highest BCUT2D eigenvalue weighted by atomic mass is 16.5. The topological polar surface area (TPSA) is 110 Å². The Kier molecular flexibility index (Phi) is 6.03. The number of rotatable bonds is 7. The van der Waals surface area contributed by atoms with E-state index in [1.807, 2.05) is 4.90 Å². The SMILES string of the molecule is COc1ccc(C(=O)N2CCN(Cc3ncn[nH]3)CC2)cc1OCCN. The van der Waals surface area contributed by atoms with E-state index in [0.717, 1.165) is 18.9 Å². The number of hydrogen-bond donors (Lipinski definition) is 2. The van der Waals surface area contributed by atoms with Crippen molar-refractivity contribution in [3.63, 3.8) is 0 Å². The quantitative estimate of drug-likeness (QED) is 0.721. The third kappa shape index (κ3) is 4.30. The molecule has 0 saturated carbocycles. The van der Waals surface area contributed by atoms with Gasteiger partial charge < -0.3 is 20.1 Å². The lowest BCUT2D eigenvalue weighted by molar-refractivity contribution is 0.0625. The predicted molar refractivity (Wildman–Crippen MR) is 95.1 cm³/mol. The number of aromatic nitrogens is 3. The molecule has 26 heavy (non-hydrogen) atoms. The van der Waals surface area contributed by atoms with Crippen molar-refractivity contribution < 1.29 is 14.3 Å². The van der Waals surface area contributed by atoms with Crippen LogP contribution in [0.2, 0.25) is 0 Å². The molecule has 1 fully saturated rings. The number of carbonyl (C=O) groups is 1. The first-order valence-electron chi connectivity index (χ1n) is 8.58. The van der Waals surface area contributed by atoms with Gasteiger partial charge in [-0.05, 0) is 18.2 Å². The average molecular weight is 360 g/mol. The molecule has 1 aliphatic heterocycles. The minimum atomic E-state index is -0.00966. The molecule has 0 radical (unpaired) electrons. The summed E-state index contributed by atoms with van der Waals surface area (Å²) in [4.78, 5) is 21.0. The number of nitrogens with two attached hydrogens (primary N) is 1. The summed E-state index contributed by atoms with van der Waals surface area (Å²) in [7, 11) is 1.57. The first kappa shape index (κ1) is 18.2. The van der Waals surface area contributed by atoms with Crippen LogP contribution in [-0.2, 0) is 6.54 Å². The number of benzene rings is 1. The maximum absolute atomic E-state index is 12.8. The van der Waals surface area contributed by atoms with Gasteiger partial charge in [-0.2, -0.15) is 5.10 Å². The Bertz CT molecular complexity index is 713. The molecule has 0 aliphatic carbocycles. The molecule has 2 heterocycles. The Labute approximate surface area is 152 Å². The Morgan fingerprint density at radius 3 is 2.73 bits per heavy atom. The fourth-order valence-electron chi connectivity index (χ4n) is 2.90. The number of nitrogens with zero attached hydrogens (tertiary/aromatic N) is 4. The van der Waals surface area contributed by atoms with Crippen LogP contribution in [0, 0.1) is 0 Å². The lowest BCUT2D eigenvalue weighted by atomic mass is 10.1. The van der Waals surface area contributed by atoms with Crippen molar-refractivity contribution in [3.8, 4) is 11.5 Å². The predicted octanol–water partition coefficient (Wildman–Crippen LogP) is 0.109. The van der Waals surface area contributed by atoms with Gasteiger partial charge in [0.15, 0.2) is 11.5 Å². The molecular formula is C17H24N6O3. The maximum atomic E-state index is 12.8. The number of hydrogen-bond acceptors (Lipinski definition) is 7. The molecule has 1 aliphatic rings. The molecule has 9 nitrogen and oxygen atoms in total. The molecule has 1 saturated heterocycles. The Balaban J connectivity index is 1.61. The molecule has 0 atom stereocenters. The molecule has 0 unspecified atom stereocenters.